The number of fused-ring (bicyclic) bond motifs is 2. The molecule has 8 nitrogen and oxygen atoms in total. The van der Waals surface area contributed by atoms with Gasteiger partial charge in [-0.1, -0.05) is 60.2 Å². The Hall–Kier alpha value is -4.67. The quantitative estimate of drug-likeness (QED) is 0.223. The van der Waals surface area contributed by atoms with Crippen LogP contribution in [0.5, 0.6) is 5.75 Å². The molecule has 10 heteroatoms. The highest BCUT2D eigenvalue weighted by atomic mass is 32.2. The van der Waals surface area contributed by atoms with Gasteiger partial charge >= 0.3 is 0 Å². The van der Waals surface area contributed by atoms with Crippen molar-refractivity contribution in [1.82, 2.24) is 5.32 Å². The number of carbonyl (C=O) groups is 2. The molecule has 0 fully saturated rings. The first-order valence-electron chi connectivity index (χ1n) is 14.3. The first-order chi connectivity index (χ1) is 21.2. The van der Waals surface area contributed by atoms with Crippen LogP contribution in [0.3, 0.4) is 0 Å². The van der Waals surface area contributed by atoms with Crippen LogP contribution in [0, 0.1) is 6.92 Å². The molecule has 0 radical (unpaired) electrons. The molecular weight excluding hydrogens is 595 g/mol. The second-order valence-electron chi connectivity index (χ2n) is 10.5. The number of hydrogen-bond donors (Lipinski definition) is 1. The van der Waals surface area contributed by atoms with Gasteiger partial charge < -0.3 is 10.1 Å². The van der Waals surface area contributed by atoms with Crippen molar-refractivity contribution in [1.29, 1.82) is 0 Å². The topological polar surface area (TPSA) is 96.0 Å². The number of hydrogen-bond acceptors (Lipinski definition) is 6. The number of nitrogens with zero attached hydrogens (tertiary/aromatic N) is 2. The summed E-state index contributed by atoms with van der Waals surface area (Å²) < 4.78 is 35.2. The highest BCUT2D eigenvalue weighted by Gasteiger charge is 2.35. The first-order valence-corrected chi connectivity index (χ1v) is 16.5. The molecule has 1 N–H and O–H groups in total. The Balaban J connectivity index is 1.26. The van der Waals surface area contributed by atoms with Crippen molar-refractivity contribution in [2.45, 2.75) is 31.4 Å². The number of anilines is 2. The molecule has 1 atom stereocenters. The standard InChI is InChI=1S/C34H31N3O5S2/c1-3-37(44(40,41)27-16-13-23(2)14-17-27)26-15-18-31-25(19-26)20-32(43-31)34(39)36-22-30(42-29-12-8-7-11-28(29)36)33(38)35-21-24-9-5-4-6-10-24/h4-20,30H,3,21-22H2,1-2H3,(H,35,38)/t30-/m0/s1. The zero-order chi connectivity index (χ0) is 30.8. The van der Waals surface area contributed by atoms with Crippen LogP contribution >= 0.6 is 11.3 Å². The molecule has 0 bridgehead atoms. The van der Waals surface area contributed by atoms with Crippen LogP contribution in [0.1, 0.15) is 27.7 Å². The molecule has 1 aromatic heterocycles. The molecule has 224 valence electrons. The molecule has 0 saturated heterocycles. The normalized spacial score (nSPS) is 14.5. The summed E-state index contributed by atoms with van der Waals surface area (Å²) in [6.45, 7) is 4.35. The summed E-state index contributed by atoms with van der Waals surface area (Å²) in [5, 5.41) is 3.67. The van der Waals surface area contributed by atoms with Crippen LogP contribution in [0.25, 0.3) is 10.1 Å². The minimum absolute atomic E-state index is 0.0500. The van der Waals surface area contributed by atoms with Gasteiger partial charge in [-0.3, -0.25) is 18.8 Å². The second-order valence-corrected chi connectivity index (χ2v) is 13.5. The summed E-state index contributed by atoms with van der Waals surface area (Å²) in [5.74, 6) is -0.115. The zero-order valence-electron chi connectivity index (χ0n) is 24.3. The number of ether oxygens (including phenoxy) is 1. The second kappa shape index (κ2) is 12.1. The summed E-state index contributed by atoms with van der Waals surface area (Å²) >= 11 is 1.32. The van der Waals surface area contributed by atoms with Gasteiger partial charge in [-0.15, -0.1) is 11.3 Å². The van der Waals surface area contributed by atoms with Gasteiger partial charge in [0.05, 0.1) is 27.7 Å². The molecule has 0 unspecified atom stereocenters. The van der Waals surface area contributed by atoms with Crippen molar-refractivity contribution in [2.24, 2.45) is 0 Å². The SMILES string of the molecule is CCN(c1ccc2sc(C(=O)N3C[C@@H](C(=O)NCc4ccccc4)Oc4ccccc43)cc2c1)S(=O)(=O)c1ccc(C)cc1. The lowest BCUT2D eigenvalue weighted by Gasteiger charge is -2.34. The number of aryl methyl sites for hydroxylation is 1. The Kier molecular flexibility index (Phi) is 8.11. The fraction of sp³-hybridized carbons (Fsp3) is 0.176. The summed E-state index contributed by atoms with van der Waals surface area (Å²) in [5.41, 5.74) is 3.04. The van der Waals surface area contributed by atoms with E-state index in [1.807, 2.05) is 49.4 Å². The van der Waals surface area contributed by atoms with Gasteiger partial charge in [0, 0.05) is 17.8 Å². The molecule has 1 aliphatic rings. The zero-order valence-corrected chi connectivity index (χ0v) is 25.9. The number of thiophene rings is 1. The summed E-state index contributed by atoms with van der Waals surface area (Å²) in [4.78, 5) is 29.4. The van der Waals surface area contributed by atoms with E-state index < -0.39 is 16.1 Å². The fourth-order valence-electron chi connectivity index (χ4n) is 5.22. The average molecular weight is 626 g/mol. The van der Waals surface area contributed by atoms with Crippen molar-refractivity contribution in [3.05, 3.63) is 119 Å². The number of carbonyl (C=O) groups excluding carboxylic acids is 2. The summed E-state index contributed by atoms with van der Waals surface area (Å²) in [7, 11) is -3.78. The molecule has 4 aromatic carbocycles. The van der Waals surface area contributed by atoms with Gasteiger partial charge in [-0.05, 0) is 73.3 Å². The highest BCUT2D eigenvalue weighted by Crippen LogP contribution is 2.37. The average Bonchev–Trinajstić information content (AvgIpc) is 3.47. The van der Waals surface area contributed by atoms with Crippen LogP contribution in [0.4, 0.5) is 11.4 Å². The van der Waals surface area contributed by atoms with E-state index in [4.69, 9.17) is 4.74 Å². The third-order valence-corrected chi connectivity index (χ3v) is 10.5. The molecule has 2 amide bonds. The van der Waals surface area contributed by atoms with Crippen LogP contribution in [0.2, 0.25) is 0 Å². The van der Waals surface area contributed by atoms with Crippen molar-refractivity contribution >= 4 is 54.6 Å². The summed E-state index contributed by atoms with van der Waals surface area (Å²) in [6, 6.07) is 30.7. The van der Waals surface area contributed by atoms with E-state index >= 15 is 0 Å². The molecule has 1 aliphatic heterocycles. The van der Waals surface area contributed by atoms with E-state index in [2.05, 4.69) is 5.32 Å². The van der Waals surface area contributed by atoms with Crippen molar-refractivity contribution < 1.29 is 22.7 Å². The molecule has 0 saturated carbocycles. The van der Waals surface area contributed by atoms with Gasteiger partial charge in [-0.2, -0.15) is 0 Å². The predicted octanol–water partition coefficient (Wildman–Crippen LogP) is 6.15. The van der Waals surface area contributed by atoms with Crippen LogP contribution in [-0.4, -0.2) is 39.4 Å². The predicted molar refractivity (Wildman–Crippen MR) is 174 cm³/mol. The molecule has 0 spiro atoms. The minimum Gasteiger partial charge on any atom is -0.477 e. The molecule has 6 rings (SSSR count). The van der Waals surface area contributed by atoms with Crippen molar-refractivity contribution in [3.8, 4) is 5.75 Å². The first kappa shape index (κ1) is 29.4. The lowest BCUT2D eigenvalue weighted by molar-refractivity contribution is -0.128. The highest BCUT2D eigenvalue weighted by molar-refractivity contribution is 7.92. The number of para-hydroxylation sites is 2. The maximum Gasteiger partial charge on any atom is 0.268 e. The molecule has 0 aliphatic carbocycles. The van der Waals surface area contributed by atoms with Gasteiger partial charge in [0.25, 0.3) is 21.8 Å². The van der Waals surface area contributed by atoms with Crippen molar-refractivity contribution in [3.63, 3.8) is 0 Å². The van der Waals surface area contributed by atoms with Gasteiger partial charge in [-0.25, -0.2) is 8.42 Å². The van der Waals surface area contributed by atoms with E-state index in [0.29, 0.717) is 28.5 Å². The Morgan fingerprint density at radius 2 is 1.68 bits per heavy atom. The van der Waals surface area contributed by atoms with Crippen LogP contribution in [-0.2, 0) is 21.4 Å². The molecular formula is C34H31N3O5S2. The van der Waals surface area contributed by atoms with Crippen LogP contribution < -0.4 is 19.3 Å². The minimum atomic E-state index is -3.78. The maximum atomic E-state index is 14.0. The third-order valence-electron chi connectivity index (χ3n) is 7.52. The molecule has 2 heterocycles. The van der Waals surface area contributed by atoms with E-state index in [0.717, 1.165) is 21.2 Å². The third kappa shape index (κ3) is 5.78. The van der Waals surface area contributed by atoms with E-state index in [-0.39, 0.29) is 29.8 Å². The number of sulfonamides is 1. The van der Waals surface area contributed by atoms with Gasteiger partial charge in [0.2, 0.25) is 0 Å². The monoisotopic (exact) mass is 625 g/mol. The fourth-order valence-corrected chi connectivity index (χ4v) is 7.67. The molecule has 44 heavy (non-hydrogen) atoms. The number of rotatable bonds is 8. The van der Waals surface area contributed by atoms with E-state index in [9.17, 15) is 18.0 Å². The summed E-state index contributed by atoms with van der Waals surface area (Å²) in [6.07, 6.45) is -0.886. The Morgan fingerprint density at radius 1 is 0.955 bits per heavy atom. The smallest absolute Gasteiger partial charge is 0.268 e. The van der Waals surface area contributed by atoms with Gasteiger partial charge in [0.1, 0.15) is 5.75 Å². The number of benzene rings is 4. The Bertz CT molecular complexity index is 1940. The Morgan fingerprint density at radius 3 is 2.43 bits per heavy atom. The maximum absolute atomic E-state index is 14.0. The number of nitrogens with one attached hydrogen (secondary N) is 1. The Labute approximate surface area is 260 Å². The lowest BCUT2D eigenvalue weighted by Crippen LogP contribution is -2.50. The van der Waals surface area contributed by atoms with Crippen molar-refractivity contribution in [2.75, 3.05) is 22.3 Å². The van der Waals surface area contributed by atoms with E-state index in [1.54, 1.807) is 72.5 Å². The number of amides is 2. The van der Waals surface area contributed by atoms with Crippen LogP contribution in [0.15, 0.2) is 108 Å². The van der Waals surface area contributed by atoms with E-state index in [1.165, 1.54) is 15.6 Å². The lowest BCUT2D eigenvalue weighted by atomic mass is 10.1. The molecule has 5 aromatic rings. The largest absolute Gasteiger partial charge is 0.477 e. The van der Waals surface area contributed by atoms with Gasteiger partial charge in [0.15, 0.2) is 6.10 Å².